The topological polar surface area (TPSA) is 115 Å². The summed E-state index contributed by atoms with van der Waals surface area (Å²) >= 11 is 0. The van der Waals surface area contributed by atoms with E-state index in [0.717, 1.165) is 54.8 Å². The number of fused-ring (bicyclic) bond motifs is 5. The van der Waals surface area contributed by atoms with E-state index in [1.165, 1.54) is 11.7 Å². The maximum absolute atomic E-state index is 13.1. The molecule has 0 aliphatic rings. The lowest BCUT2D eigenvalue weighted by Crippen LogP contribution is -2.10. The first-order valence-electron chi connectivity index (χ1n) is 12.2. The molecule has 9 heteroatoms. The zero-order chi connectivity index (χ0) is 26.8. The second kappa shape index (κ2) is 8.69. The SMILES string of the molecule is CCOC(=O)c1[nH]c2cc3c(c(C)c2c1C)c1c(C)c2c(C)c(C(=O)OCC)[nH]c2cc1n3C(=O)OC. The summed E-state index contributed by atoms with van der Waals surface area (Å²) in [6.45, 7) is 11.8. The van der Waals surface area contributed by atoms with Gasteiger partial charge in [-0.1, -0.05) is 0 Å². The molecule has 5 rings (SSSR count). The molecule has 0 aliphatic heterocycles. The Labute approximate surface area is 212 Å². The van der Waals surface area contributed by atoms with E-state index in [0.29, 0.717) is 22.4 Å². The van der Waals surface area contributed by atoms with E-state index in [1.807, 2.05) is 39.8 Å². The molecule has 37 heavy (non-hydrogen) atoms. The number of aromatic nitrogens is 3. The summed E-state index contributed by atoms with van der Waals surface area (Å²) in [4.78, 5) is 44.7. The number of methoxy groups -OCH3 is 1. The van der Waals surface area contributed by atoms with Crippen LogP contribution in [0.2, 0.25) is 0 Å². The molecule has 5 aromatic rings. The fraction of sp³-hybridized carbons (Fsp3) is 0.321. The minimum absolute atomic E-state index is 0.269. The smallest absolute Gasteiger partial charge is 0.418 e. The molecular formula is C28H29N3O6. The van der Waals surface area contributed by atoms with Gasteiger partial charge in [0.2, 0.25) is 0 Å². The first kappa shape index (κ1) is 24.4. The second-order valence-electron chi connectivity index (χ2n) is 9.13. The van der Waals surface area contributed by atoms with Crippen molar-refractivity contribution >= 4 is 61.6 Å². The predicted molar refractivity (Wildman–Crippen MR) is 142 cm³/mol. The van der Waals surface area contributed by atoms with Crippen molar-refractivity contribution in [2.24, 2.45) is 0 Å². The third-order valence-corrected chi connectivity index (χ3v) is 7.18. The van der Waals surface area contributed by atoms with Crippen molar-refractivity contribution in [1.29, 1.82) is 0 Å². The number of ether oxygens (including phenoxy) is 3. The molecule has 0 unspecified atom stereocenters. The summed E-state index contributed by atoms with van der Waals surface area (Å²) in [7, 11) is 1.34. The van der Waals surface area contributed by atoms with Crippen LogP contribution < -0.4 is 0 Å². The molecule has 0 bridgehead atoms. The van der Waals surface area contributed by atoms with E-state index in [-0.39, 0.29) is 13.2 Å². The van der Waals surface area contributed by atoms with Gasteiger partial charge in [-0.3, -0.25) is 0 Å². The van der Waals surface area contributed by atoms with Crippen LogP contribution in [0.1, 0.15) is 57.1 Å². The number of carbonyl (C=O) groups excluding carboxylic acids is 3. The maximum atomic E-state index is 13.1. The third-order valence-electron chi connectivity index (χ3n) is 7.18. The van der Waals surface area contributed by atoms with E-state index in [4.69, 9.17) is 14.2 Å². The number of nitrogens with one attached hydrogen (secondary N) is 2. The second-order valence-corrected chi connectivity index (χ2v) is 9.13. The zero-order valence-corrected chi connectivity index (χ0v) is 22.0. The highest BCUT2D eigenvalue weighted by atomic mass is 16.5. The highest BCUT2D eigenvalue weighted by molar-refractivity contribution is 6.23. The number of hydrogen-bond donors (Lipinski definition) is 2. The number of rotatable bonds is 4. The van der Waals surface area contributed by atoms with Gasteiger partial charge < -0.3 is 24.2 Å². The van der Waals surface area contributed by atoms with Crippen molar-refractivity contribution in [3.63, 3.8) is 0 Å². The Balaban J connectivity index is 1.95. The number of esters is 2. The molecule has 0 spiro atoms. The third kappa shape index (κ3) is 3.33. The number of aromatic amines is 2. The lowest BCUT2D eigenvalue weighted by molar-refractivity contribution is 0.0510. The highest BCUT2D eigenvalue weighted by Gasteiger charge is 2.27. The van der Waals surface area contributed by atoms with Crippen LogP contribution in [0.15, 0.2) is 12.1 Å². The molecule has 0 amide bonds. The normalized spacial score (nSPS) is 11.6. The van der Waals surface area contributed by atoms with Crippen molar-refractivity contribution in [3.05, 3.63) is 45.8 Å². The van der Waals surface area contributed by atoms with Crippen molar-refractivity contribution in [2.45, 2.75) is 41.5 Å². The summed E-state index contributed by atoms with van der Waals surface area (Å²) in [6, 6.07) is 3.74. The Morgan fingerprint density at radius 3 is 1.46 bits per heavy atom. The summed E-state index contributed by atoms with van der Waals surface area (Å²) < 4.78 is 17.2. The Bertz CT molecular complexity index is 1660. The standard InChI is InChI=1S/C28H29N3O6/c1-8-36-26(32)24-14(5)20-12(3)22-18(10-16(20)29-24)31(28(34)35-7)19-11-17-21(13(4)23(19)22)15(6)25(30-17)27(33)37-9-2/h10-11,29-30H,8-9H2,1-7H3. The van der Waals surface area contributed by atoms with Crippen LogP contribution in [0.5, 0.6) is 0 Å². The molecule has 0 radical (unpaired) electrons. The van der Waals surface area contributed by atoms with Gasteiger partial charge in [0.25, 0.3) is 0 Å². The predicted octanol–water partition coefficient (Wildman–Crippen LogP) is 5.96. The summed E-state index contributed by atoms with van der Waals surface area (Å²) in [5.74, 6) is -0.846. The van der Waals surface area contributed by atoms with E-state index < -0.39 is 18.0 Å². The van der Waals surface area contributed by atoms with Crippen LogP contribution in [0, 0.1) is 27.7 Å². The van der Waals surface area contributed by atoms with Gasteiger partial charge in [-0.15, -0.1) is 0 Å². The van der Waals surface area contributed by atoms with Gasteiger partial charge in [-0.05, 0) is 75.9 Å². The van der Waals surface area contributed by atoms with E-state index in [9.17, 15) is 14.4 Å². The molecule has 3 heterocycles. The molecular weight excluding hydrogens is 474 g/mol. The minimum atomic E-state index is -0.541. The number of carbonyl (C=O) groups is 3. The van der Waals surface area contributed by atoms with Gasteiger partial charge in [0.1, 0.15) is 11.4 Å². The average molecular weight is 504 g/mol. The molecule has 0 aliphatic carbocycles. The van der Waals surface area contributed by atoms with Gasteiger partial charge in [-0.2, -0.15) is 0 Å². The monoisotopic (exact) mass is 503 g/mol. The number of aryl methyl sites for hydroxylation is 4. The van der Waals surface area contributed by atoms with Crippen LogP contribution in [-0.4, -0.2) is 52.9 Å². The highest BCUT2D eigenvalue weighted by Crippen LogP contribution is 2.42. The lowest BCUT2D eigenvalue weighted by atomic mass is 9.96. The largest absolute Gasteiger partial charge is 0.461 e. The van der Waals surface area contributed by atoms with Gasteiger partial charge in [-0.25, -0.2) is 19.0 Å². The fourth-order valence-corrected chi connectivity index (χ4v) is 5.69. The van der Waals surface area contributed by atoms with E-state index in [2.05, 4.69) is 9.97 Å². The van der Waals surface area contributed by atoms with Crippen molar-refractivity contribution in [3.8, 4) is 0 Å². The first-order chi connectivity index (χ1) is 17.7. The maximum Gasteiger partial charge on any atom is 0.418 e. The molecule has 3 aromatic heterocycles. The summed E-state index contributed by atoms with van der Waals surface area (Å²) in [6.07, 6.45) is -0.541. The Morgan fingerprint density at radius 1 is 0.703 bits per heavy atom. The number of hydrogen-bond acceptors (Lipinski definition) is 6. The van der Waals surface area contributed by atoms with Crippen molar-refractivity contribution < 1.29 is 28.6 Å². The van der Waals surface area contributed by atoms with Gasteiger partial charge in [0, 0.05) is 32.6 Å². The summed E-state index contributed by atoms with van der Waals surface area (Å²) in [5, 5.41) is 3.56. The van der Waals surface area contributed by atoms with Crippen LogP contribution in [0.4, 0.5) is 4.79 Å². The molecule has 0 saturated carbocycles. The van der Waals surface area contributed by atoms with Gasteiger partial charge in [0.15, 0.2) is 0 Å². The summed E-state index contributed by atoms with van der Waals surface area (Å²) in [5.41, 5.74) is 6.95. The molecule has 2 aromatic carbocycles. The minimum Gasteiger partial charge on any atom is -0.461 e. The Kier molecular flexibility index (Phi) is 5.73. The van der Waals surface area contributed by atoms with Gasteiger partial charge in [0.05, 0.1) is 31.4 Å². The lowest BCUT2D eigenvalue weighted by Gasteiger charge is -2.06. The fourth-order valence-electron chi connectivity index (χ4n) is 5.69. The zero-order valence-electron chi connectivity index (χ0n) is 22.0. The Hall–Kier alpha value is -4.27. The van der Waals surface area contributed by atoms with Crippen LogP contribution >= 0.6 is 0 Å². The van der Waals surface area contributed by atoms with Crippen LogP contribution in [0.3, 0.4) is 0 Å². The molecule has 0 fully saturated rings. The van der Waals surface area contributed by atoms with Crippen LogP contribution in [0.25, 0.3) is 43.6 Å². The number of benzene rings is 2. The van der Waals surface area contributed by atoms with Crippen molar-refractivity contribution in [1.82, 2.24) is 14.5 Å². The number of H-pyrrole nitrogens is 2. The first-order valence-corrected chi connectivity index (χ1v) is 12.2. The molecule has 2 N–H and O–H groups in total. The average Bonchev–Trinajstić information content (AvgIpc) is 3.49. The molecule has 0 saturated heterocycles. The van der Waals surface area contributed by atoms with Crippen molar-refractivity contribution in [2.75, 3.05) is 20.3 Å². The van der Waals surface area contributed by atoms with Gasteiger partial charge >= 0.3 is 18.0 Å². The van der Waals surface area contributed by atoms with Crippen LogP contribution in [-0.2, 0) is 14.2 Å². The molecule has 192 valence electrons. The quantitative estimate of drug-likeness (QED) is 0.231. The molecule has 9 nitrogen and oxygen atoms in total. The Morgan fingerprint density at radius 2 is 1.11 bits per heavy atom. The molecule has 0 atom stereocenters. The van der Waals surface area contributed by atoms with E-state index >= 15 is 0 Å². The number of nitrogens with zero attached hydrogens (tertiary/aromatic N) is 1. The van der Waals surface area contributed by atoms with E-state index in [1.54, 1.807) is 13.8 Å².